The Balaban J connectivity index is 2.14. The smallest absolute Gasteiger partial charge is 0.0235 e. The van der Waals surface area contributed by atoms with Gasteiger partial charge in [-0.3, -0.25) is 4.90 Å². The van der Waals surface area contributed by atoms with E-state index in [1.807, 2.05) is 0 Å². The number of rotatable bonds is 9. The van der Waals surface area contributed by atoms with Gasteiger partial charge in [-0.2, -0.15) is 0 Å². The number of likely N-dealkylation sites (tertiary alicyclic amines) is 1. The van der Waals surface area contributed by atoms with Crippen molar-refractivity contribution >= 4 is 0 Å². The Labute approximate surface area is 114 Å². The van der Waals surface area contributed by atoms with Crippen LogP contribution in [0.1, 0.15) is 47.0 Å². The minimum Gasteiger partial charge on any atom is -0.315 e. The molecule has 1 rings (SSSR count). The fraction of sp³-hybridized carbons (Fsp3) is 1.00. The number of nitrogens with one attached hydrogen (secondary N) is 1. The first-order valence-corrected chi connectivity index (χ1v) is 7.90. The third kappa shape index (κ3) is 5.25. The summed E-state index contributed by atoms with van der Waals surface area (Å²) in [5.74, 6) is 0. The second kappa shape index (κ2) is 8.89. The van der Waals surface area contributed by atoms with Gasteiger partial charge in [0.15, 0.2) is 0 Å². The van der Waals surface area contributed by atoms with Crippen LogP contribution in [0.15, 0.2) is 0 Å². The Morgan fingerprint density at radius 1 is 1.28 bits per heavy atom. The Morgan fingerprint density at radius 2 is 2.00 bits per heavy atom. The molecule has 1 heterocycles. The van der Waals surface area contributed by atoms with Crippen LogP contribution in [0.3, 0.4) is 0 Å². The van der Waals surface area contributed by atoms with Crippen LogP contribution < -0.4 is 5.32 Å². The standard InChI is InChI=1S/C15H33N3/c1-5-16-14(4)9-8-11-17-12-10-15(13-17)18(6-2)7-3/h14-16H,5-13H2,1-4H3. The van der Waals surface area contributed by atoms with Gasteiger partial charge in [-0.1, -0.05) is 20.8 Å². The van der Waals surface area contributed by atoms with Gasteiger partial charge in [0.05, 0.1) is 0 Å². The van der Waals surface area contributed by atoms with Crippen molar-refractivity contribution in [2.45, 2.75) is 59.0 Å². The van der Waals surface area contributed by atoms with Crippen LogP contribution in [0.4, 0.5) is 0 Å². The third-order valence-electron chi connectivity index (χ3n) is 4.24. The first-order valence-electron chi connectivity index (χ1n) is 7.90. The van der Waals surface area contributed by atoms with E-state index in [4.69, 9.17) is 0 Å². The molecule has 3 nitrogen and oxygen atoms in total. The van der Waals surface area contributed by atoms with Crippen molar-refractivity contribution in [2.75, 3.05) is 39.3 Å². The quantitative estimate of drug-likeness (QED) is 0.681. The van der Waals surface area contributed by atoms with E-state index in [0.29, 0.717) is 6.04 Å². The predicted octanol–water partition coefficient (Wildman–Crippen LogP) is 2.18. The van der Waals surface area contributed by atoms with Gasteiger partial charge in [0.2, 0.25) is 0 Å². The van der Waals surface area contributed by atoms with Gasteiger partial charge in [0.25, 0.3) is 0 Å². The predicted molar refractivity (Wildman–Crippen MR) is 80.1 cm³/mol. The van der Waals surface area contributed by atoms with Crippen LogP contribution in [0.5, 0.6) is 0 Å². The van der Waals surface area contributed by atoms with E-state index in [2.05, 4.69) is 42.8 Å². The van der Waals surface area contributed by atoms with Crippen LogP contribution in [-0.4, -0.2) is 61.2 Å². The van der Waals surface area contributed by atoms with E-state index in [1.54, 1.807) is 0 Å². The zero-order valence-electron chi connectivity index (χ0n) is 12.9. The van der Waals surface area contributed by atoms with E-state index in [1.165, 1.54) is 52.0 Å². The molecule has 1 saturated heterocycles. The highest BCUT2D eigenvalue weighted by molar-refractivity contribution is 4.82. The van der Waals surface area contributed by atoms with Crippen LogP contribution in [-0.2, 0) is 0 Å². The van der Waals surface area contributed by atoms with E-state index in [-0.39, 0.29) is 0 Å². The highest BCUT2D eigenvalue weighted by Gasteiger charge is 2.25. The van der Waals surface area contributed by atoms with Gasteiger partial charge in [0.1, 0.15) is 0 Å². The van der Waals surface area contributed by atoms with Crippen molar-refractivity contribution < 1.29 is 0 Å². The maximum Gasteiger partial charge on any atom is 0.0235 e. The molecule has 2 atom stereocenters. The second-order valence-corrected chi connectivity index (χ2v) is 5.57. The van der Waals surface area contributed by atoms with Crippen molar-refractivity contribution in [1.29, 1.82) is 0 Å². The minimum absolute atomic E-state index is 0.677. The minimum atomic E-state index is 0.677. The molecule has 1 aliphatic heterocycles. The Kier molecular flexibility index (Phi) is 7.87. The molecule has 0 saturated carbocycles. The lowest BCUT2D eigenvalue weighted by atomic mass is 10.2. The molecular weight excluding hydrogens is 222 g/mol. The van der Waals surface area contributed by atoms with E-state index in [0.717, 1.165) is 12.6 Å². The molecule has 1 aliphatic rings. The highest BCUT2D eigenvalue weighted by atomic mass is 15.2. The van der Waals surface area contributed by atoms with Gasteiger partial charge in [0, 0.05) is 18.6 Å². The molecular formula is C15H33N3. The van der Waals surface area contributed by atoms with Crippen LogP contribution >= 0.6 is 0 Å². The lowest BCUT2D eigenvalue weighted by Crippen LogP contribution is -2.37. The van der Waals surface area contributed by atoms with Crippen LogP contribution in [0.25, 0.3) is 0 Å². The average Bonchev–Trinajstić information content (AvgIpc) is 2.80. The first-order chi connectivity index (χ1) is 8.71. The summed E-state index contributed by atoms with van der Waals surface area (Å²) in [6.45, 7) is 16.4. The molecule has 1 fully saturated rings. The molecule has 0 amide bonds. The Morgan fingerprint density at radius 3 is 2.61 bits per heavy atom. The molecule has 18 heavy (non-hydrogen) atoms. The van der Waals surface area contributed by atoms with E-state index >= 15 is 0 Å². The van der Waals surface area contributed by atoms with Crippen LogP contribution in [0.2, 0.25) is 0 Å². The molecule has 2 unspecified atom stereocenters. The van der Waals surface area contributed by atoms with E-state index in [9.17, 15) is 0 Å². The van der Waals surface area contributed by atoms with Gasteiger partial charge >= 0.3 is 0 Å². The fourth-order valence-electron chi connectivity index (χ4n) is 3.12. The number of hydrogen-bond acceptors (Lipinski definition) is 3. The lowest BCUT2D eigenvalue weighted by molar-refractivity contribution is 0.209. The fourth-order valence-corrected chi connectivity index (χ4v) is 3.12. The summed E-state index contributed by atoms with van der Waals surface area (Å²) in [5.41, 5.74) is 0. The van der Waals surface area contributed by atoms with E-state index < -0.39 is 0 Å². The molecule has 0 aromatic carbocycles. The highest BCUT2D eigenvalue weighted by Crippen LogP contribution is 2.16. The maximum atomic E-state index is 3.49. The monoisotopic (exact) mass is 255 g/mol. The van der Waals surface area contributed by atoms with Gasteiger partial charge in [-0.25, -0.2) is 0 Å². The molecule has 0 spiro atoms. The summed E-state index contributed by atoms with van der Waals surface area (Å²) in [6.07, 6.45) is 4.00. The Bertz CT molecular complexity index is 204. The van der Waals surface area contributed by atoms with Gasteiger partial charge in [-0.15, -0.1) is 0 Å². The molecule has 0 aromatic heterocycles. The average molecular weight is 255 g/mol. The van der Waals surface area contributed by atoms with Crippen molar-refractivity contribution in [3.8, 4) is 0 Å². The van der Waals surface area contributed by atoms with Crippen molar-refractivity contribution in [3.63, 3.8) is 0 Å². The number of nitrogens with zero attached hydrogens (tertiary/aromatic N) is 2. The Hall–Kier alpha value is -0.120. The summed E-state index contributed by atoms with van der Waals surface area (Å²) < 4.78 is 0. The second-order valence-electron chi connectivity index (χ2n) is 5.57. The third-order valence-corrected chi connectivity index (χ3v) is 4.24. The largest absolute Gasteiger partial charge is 0.315 e. The van der Waals surface area contributed by atoms with Gasteiger partial charge < -0.3 is 10.2 Å². The number of hydrogen-bond donors (Lipinski definition) is 1. The van der Waals surface area contributed by atoms with Crippen molar-refractivity contribution in [3.05, 3.63) is 0 Å². The molecule has 108 valence electrons. The molecule has 1 N–H and O–H groups in total. The summed E-state index contributed by atoms with van der Waals surface area (Å²) in [4.78, 5) is 5.27. The van der Waals surface area contributed by atoms with Crippen LogP contribution in [0, 0.1) is 0 Å². The van der Waals surface area contributed by atoms with Crippen molar-refractivity contribution in [1.82, 2.24) is 15.1 Å². The summed E-state index contributed by atoms with van der Waals surface area (Å²) >= 11 is 0. The lowest BCUT2D eigenvalue weighted by Gasteiger charge is -2.26. The molecule has 0 aliphatic carbocycles. The number of likely N-dealkylation sites (N-methyl/N-ethyl adjacent to an activating group) is 1. The van der Waals surface area contributed by atoms with Gasteiger partial charge in [-0.05, 0) is 58.9 Å². The molecule has 0 bridgehead atoms. The van der Waals surface area contributed by atoms with Crippen molar-refractivity contribution in [2.24, 2.45) is 0 Å². The molecule has 0 aromatic rings. The molecule has 3 heteroatoms. The maximum absolute atomic E-state index is 3.49. The summed E-state index contributed by atoms with van der Waals surface area (Å²) in [7, 11) is 0. The normalized spacial score (nSPS) is 22.8. The zero-order chi connectivity index (χ0) is 13.4. The molecule has 0 radical (unpaired) electrons. The topological polar surface area (TPSA) is 18.5 Å². The zero-order valence-corrected chi connectivity index (χ0v) is 12.9. The summed E-state index contributed by atoms with van der Waals surface area (Å²) in [6, 6.07) is 1.49. The summed E-state index contributed by atoms with van der Waals surface area (Å²) in [5, 5.41) is 3.49. The first kappa shape index (κ1) is 15.9. The SMILES string of the molecule is CCNC(C)CCCN1CCC(N(CC)CC)C1.